The van der Waals surface area contributed by atoms with Crippen LogP contribution in [0.15, 0.2) is 17.5 Å². The fourth-order valence-corrected chi connectivity index (χ4v) is 1.88. The van der Waals surface area contributed by atoms with Crippen molar-refractivity contribution >= 4 is 23.2 Å². The third kappa shape index (κ3) is 4.56. The number of carbonyl (C=O) groups is 2. The first-order valence-corrected chi connectivity index (χ1v) is 6.33. The molecule has 0 saturated carbocycles. The Balaban J connectivity index is 2.41. The lowest BCUT2D eigenvalue weighted by atomic mass is 10.2. The molecule has 1 aromatic rings. The van der Waals surface area contributed by atoms with Crippen molar-refractivity contribution in [2.45, 2.75) is 13.8 Å². The first-order chi connectivity index (χ1) is 8.00. The largest absolute Gasteiger partial charge is 0.464 e. The minimum Gasteiger partial charge on any atom is -0.464 e. The van der Waals surface area contributed by atoms with Crippen LogP contribution in [-0.4, -0.2) is 37.0 Å². The zero-order valence-corrected chi connectivity index (χ0v) is 11.1. The van der Waals surface area contributed by atoms with Crippen molar-refractivity contribution in [3.8, 4) is 0 Å². The molecule has 1 amide bonds. The second-order valence-corrected chi connectivity index (χ2v) is 5.16. The predicted molar refractivity (Wildman–Crippen MR) is 67.1 cm³/mol. The first-order valence-electron chi connectivity index (χ1n) is 5.45. The lowest BCUT2D eigenvalue weighted by Gasteiger charge is -2.15. The third-order valence-electron chi connectivity index (χ3n) is 2.02. The number of nitrogens with zero attached hydrogens (tertiary/aromatic N) is 1. The van der Waals surface area contributed by atoms with E-state index in [9.17, 15) is 9.59 Å². The van der Waals surface area contributed by atoms with Gasteiger partial charge in [-0.05, 0) is 17.4 Å². The van der Waals surface area contributed by atoms with Crippen LogP contribution in [0.1, 0.15) is 23.5 Å². The number of ether oxygens (including phenoxy) is 1. The Kier molecular flexibility index (Phi) is 5.15. The number of amides is 1. The predicted octanol–water partition coefficient (Wildman–Crippen LogP) is 2.02. The summed E-state index contributed by atoms with van der Waals surface area (Å²) in [6.45, 7) is 4.31. The summed E-state index contributed by atoms with van der Waals surface area (Å²) >= 11 is 1.36. The van der Waals surface area contributed by atoms with Crippen molar-refractivity contribution in [1.82, 2.24) is 4.90 Å². The van der Waals surface area contributed by atoms with Crippen molar-refractivity contribution in [1.29, 1.82) is 0 Å². The van der Waals surface area contributed by atoms with Gasteiger partial charge in [-0.15, -0.1) is 11.3 Å². The van der Waals surface area contributed by atoms with E-state index in [0.29, 0.717) is 17.4 Å². The smallest absolute Gasteiger partial charge is 0.325 e. The maximum absolute atomic E-state index is 11.8. The minimum atomic E-state index is -0.369. The maximum atomic E-state index is 11.8. The van der Waals surface area contributed by atoms with Gasteiger partial charge in [-0.25, -0.2) is 0 Å². The average Bonchev–Trinajstić information content (AvgIpc) is 2.78. The Labute approximate surface area is 105 Å². The summed E-state index contributed by atoms with van der Waals surface area (Å²) in [7, 11) is 1.60. The standard InChI is InChI=1S/C12H17NO3S/c1-9(2)8-16-11(14)7-13(3)12(15)10-5-4-6-17-10/h4-6,9H,7-8H2,1-3H3. The summed E-state index contributed by atoms with van der Waals surface area (Å²) in [6.07, 6.45) is 0. The SMILES string of the molecule is CC(C)COC(=O)CN(C)C(=O)c1cccs1. The molecule has 94 valence electrons. The van der Waals surface area contributed by atoms with Crippen molar-refractivity contribution < 1.29 is 14.3 Å². The van der Waals surface area contributed by atoms with Gasteiger partial charge in [0.25, 0.3) is 5.91 Å². The van der Waals surface area contributed by atoms with Crippen LogP contribution >= 0.6 is 11.3 Å². The van der Waals surface area contributed by atoms with Crippen LogP contribution in [-0.2, 0) is 9.53 Å². The van der Waals surface area contributed by atoms with Gasteiger partial charge in [-0.2, -0.15) is 0 Å². The lowest BCUT2D eigenvalue weighted by Crippen LogP contribution is -2.33. The van der Waals surface area contributed by atoms with E-state index in [1.54, 1.807) is 13.1 Å². The van der Waals surface area contributed by atoms with Gasteiger partial charge in [0.15, 0.2) is 0 Å². The van der Waals surface area contributed by atoms with Gasteiger partial charge >= 0.3 is 5.97 Å². The van der Waals surface area contributed by atoms with E-state index >= 15 is 0 Å². The van der Waals surface area contributed by atoms with E-state index in [0.717, 1.165) is 0 Å². The molecule has 0 radical (unpaired) electrons. The fraction of sp³-hybridized carbons (Fsp3) is 0.500. The molecule has 0 spiro atoms. The van der Waals surface area contributed by atoms with Crippen molar-refractivity contribution in [3.05, 3.63) is 22.4 Å². The minimum absolute atomic E-state index is 0.0105. The zero-order chi connectivity index (χ0) is 12.8. The molecule has 0 aromatic carbocycles. The van der Waals surface area contributed by atoms with Gasteiger partial charge in [0.05, 0.1) is 11.5 Å². The highest BCUT2D eigenvalue weighted by Crippen LogP contribution is 2.10. The average molecular weight is 255 g/mol. The fourth-order valence-electron chi connectivity index (χ4n) is 1.16. The Morgan fingerprint density at radius 1 is 1.47 bits per heavy atom. The molecule has 0 atom stereocenters. The molecule has 1 heterocycles. The molecule has 0 aliphatic rings. The van der Waals surface area contributed by atoms with Crippen molar-refractivity contribution in [2.75, 3.05) is 20.2 Å². The summed E-state index contributed by atoms with van der Waals surface area (Å²) in [5.74, 6) is -0.218. The molecule has 4 nitrogen and oxygen atoms in total. The molecule has 0 N–H and O–H groups in total. The maximum Gasteiger partial charge on any atom is 0.325 e. The van der Waals surface area contributed by atoms with Gasteiger partial charge in [-0.3, -0.25) is 9.59 Å². The first kappa shape index (κ1) is 13.7. The monoisotopic (exact) mass is 255 g/mol. The summed E-state index contributed by atoms with van der Waals surface area (Å²) in [6, 6.07) is 3.55. The summed E-state index contributed by atoms with van der Waals surface area (Å²) in [4.78, 5) is 25.2. The van der Waals surface area contributed by atoms with Gasteiger partial charge in [-0.1, -0.05) is 19.9 Å². The van der Waals surface area contributed by atoms with E-state index < -0.39 is 0 Å². The summed E-state index contributed by atoms with van der Waals surface area (Å²) in [5, 5.41) is 1.83. The number of carbonyl (C=O) groups excluding carboxylic acids is 2. The van der Waals surface area contributed by atoms with Crippen LogP contribution in [0, 0.1) is 5.92 Å². The van der Waals surface area contributed by atoms with Crippen LogP contribution in [0.5, 0.6) is 0 Å². The number of likely N-dealkylation sites (N-methyl/N-ethyl adjacent to an activating group) is 1. The number of hydrogen-bond acceptors (Lipinski definition) is 4. The van der Waals surface area contributed by atoms with Crippen LogP contribution in [0.3, 0.4) is 0 Å². The second kappa shape index (κ2) is 6.39. The Bertz CT molecular complexity index is 373. The Hall–Kier alpha value is -1.36. The molecular formula is C12H17NO3S. The van der Waals surface area contributed by atoms with E-state index in [4.69, 9.17) is 4.74 Å². The normalized spacial score (nSPS) is 10.4. The van der Waals surface area contributed by atoms with Gasteiger partial charge in [0.1, 0.15) is 6.54 Å². The van der Waals surface area contributed by atoms with Crippen molar-refractivity contribution in [2.24, 2.45) is 5.92 Å². The van der Waals surface area contributed by atoms with E-state index in [2.05, 4.69) is 0 Å². The van der Waals surface area contributed by atoms with E-state index in [1.165, 1.54) is 16.2 Å². The van der Waals surface area contributed by atoms with Crippen LogP contribution in [0.2, 0.25) is 0 Å². The topological polar surface area (TPSA) is 46.6 Å². The van der Waals surface area contributed by atoms with Crippen LogP contribution < -0.4 is 0 Å². The third-order valence-corrected chi connectivity index (χ3v) is 2.88. The number of rotatable bonds is 5. The van der Waals surface area contributed by atoms with Crippen LogP contribution in [0.25, 0.3) is 0 Å². The summed E-state index contributed by atoms with van der Waals surface area (Å²) < 4.78 is 5.01. The van der Waals surface area contributed by atoms with Gasteiger partial charge in [0, 0.05) is 7.05 Å². The molecular weight excluding hydrogens is 238 g/mol. The van der Waals surface area contributed by atoms with Gasteiger partial charge in [0.2, 0.25) is 0 Å². The zero-order valence-electron chi connectivity index (χ0n) is 10.3. The highest BCUT2D eigenvalue weighted by molar-refractivity contribution is 7.12. The molecule has 1 rings (SSSR count). The molecule has 0 fully saturated rings. The molecule has 0 unspecified atom stereocenters. The molecule has 1 aromatic heterocycles. The van der Waals surface area contributed by atoms with Crippen molar-refractivity contribution in [3.63, 3.8) is 0 Å². The quantitative estimate of drug-likeness (QED) is 0.756. The highest BCUT2D eigenvalue weighted by atomic mass is 32.1. The molecule has 0 aliphatic carbocycles. The van der Waals surface area contributed by atoms with E-state index in [1.807, 2.05) is 25.3 Å². The van der Waals surface area contributed by atoms with Crippen LogP contribution in [0.4, 0.5) is 0 Å². The molecule has 5 heteroatoms. The summed E-state index contributed by atoms with van der Waals surface area (Å²) in [5.41, 5.74) is 0. The molecule has 0 bridgehead atoms. The Morgan fingerprint density at radius 2 is 2.18 bits per heavy atom. The molecule has 17 heavy (non-hydrogen) atoms. The van der Waals surface area contributed by atoms with Gasteiger partial charge < -0.3 is 9.64 Å². The second-order valence-electron chi connectivity index (χ2n) is 4.22. The van der Waals surface area contributed by atoms with E-state index in [-0.39, 0.29) is 18.4 Å². The molecule has 0 saturated heterocycles. The number of hydrogen-bond donors (Lipinski definition) is 0. The Morgan fingerprint density at radius 3 is 2.71 bits per heavy atom. The number of esters is 1. The highest BCUT2D eigenvalue weighted by Gasteiger charge is 2.16. The lowest BCUT2D eigenvalue weighted by molar-refractivity contribution is -0.145. The molecule has 0 aliphatic heterocycles. The number of thiophene rings is 1.